The molecule has 110 valence electrons. The summed E-state index contributed by atoms with van der Waals surface area (Å²) in [7, 11) is 0. The summed E-state index contributed by atoms with van der Waals surface area (Å²) in [6, 6.07) is 1.44. The van der Waals surface area contributed by atoms with E-state index in [-0.39, 0.29) is 18.0 Å². The van der Waals surface area contributed by atoms with Crippen LogP contribution in [0.15, 0.2) is 21.9 Å². The lowest BCUT2D eigenvalue weighted by molar-refractivity contribution is -0.0575. The molecule has 1 aromatic rings. The van der Waals surface area contributed by atoms with Crippen LogP contribution in [0.25, 0.3) is 0 Å². The Morgan fingerprint density at radius 2 is 2.10 bits per heavy atom. The molecule has 1 unspecified atom stereocenters. The molecule has 0 fully saturated rings. The maximum absolute atomic E-state index is 13.9. The van der Waals surface area contributed by atoms with Gasteiger partial charge in [0.2, 0.25) is 0 Å². The van der Waals surface area contributed by atoms with Crippen LogP contribution in [-0.4, -0.2) is 36.4 Å². The molecule has 2 N–H and O–H groups in total. The molecule has 8 heteroatoms. The number of nitrogens with two attached hydrogens (primary N) is 1. The third-order valence-electron chi connectivity index (χ3n) is 3.30. The minimum absolute atomic E-state index is 0.186. The van der Waals surface area contributed by atoms with Crippen LogP contribution in [0.1, 0.15) is 12.5 Å². The molecule has 1 aliphatic heterocycles. The number of ether oxygens (including phenoxy) is 1. The van der Waals surface area contributed by atoms with E-state index in [1.165, 1.54) is 6.07 Å². The number of hydrogen-bond acceptors (Lipinski definition) is 4. The lowest BCUT2D eigenvalue weighted by atomic mass is 9.90. The molecule has 0 bridgehead atoms. The van der Waals surface area contributed by atoms with Gasteiger partial charge in [-0.25, -0.2) is 18.2 Å². The van der Waals surface area contributed by atoms with Crippen LogP contribution >= 0.6 is 15.9 Å². The van der Waals surface area contributed by atoms with E-state index in [0.717, 1.165) is 6.20 Å². The molecule has 1 aromatic heterocycles. The molecule has 0 saturated carbocycles. The highest BCUT2D eigenvalue weighted by atomic mass is 79.9. The van der Waals surface area contributed by atoms with Gasteiger partial charge in [0.15, 0.2) is 5.60 Å². The first-order valence-corrected chi connectivity index (χ1v) is 6.59. The van der Waals surface area contributed by atoms with Gasteiger partial charge in [0.1, 0.15) is 35.1 Å². The van der Waals surface area contributed by atoms with Crippen LogP contribution < -0.4 is 5.73 Å². The van der Waals surface area contributed by atoms with Crippen LogP contribution in [0.2, 0.25) is 0 Å². The summed E-state index contributed by atoms with van der Waals surface area (Å²) in [4.78, 5) is 7.83. The second-order valence-electron chi connectivity index (χ2n) is 4.81. The van der Waals surface area contributed by atoms with E-state index < -0.39 is 30.3 Å². The summed E-state index contributed by atoms with van der Waals surface area (Å²) in [5.41, 5.74) is 2.80. The minimum Gasteiger partial charge on any atom is -0.385 e. The smallest absolute Gasteiger partial charge is 0.181 e. The molecule has 1 aliphatic rings. The molecule has 0 radical (unpaired) electrons. The summed E-state index contributed by atoms with van der Waals surface area (Å²) in [5.74, 6) is -0.910. The quantitative estimate of drug-likeness (QED) is 0.849. The van der Waals surface area contributed by atoms with Gasteiger partial charge in [-0.2, -0.15) is 0 Å². The van der Waals surface area contributed by atoms with Crippen molar-refractivity contribution in [2.45, 2.75) is 18.1 Å². The third kappa shape index (κ3) is 2.42. The topological polar surface area (TPSA) is 60.5 Å². The molecule has 0 aromatic carbocycles. The van der Waals surface area contributed by atoms with Gasteiger partial charge < -0.3 is 10.5 Å². The van der Waals surface area contributed by atoms with Crippen LogP contribution in [0, 0.1) is 5.82 Å². The van der Waals surface area contributed by atoms with Crippen LogP contribution in [0.5, 0.6) is 0 Å². The first-order chi connectivity index (χ1) is 9.37. The van der Waals surface area contributed by atoms with Gasteiger partial charge in [0, 0.05) is 5.56 Å². The molecule has 2 rings (SSSR count). The lowest BCUT2D eigenvalue weighted by Gasteiger charge is -2.39. The highest BCUT2D eigenvalue weighted by Gasteiger charge is 2.45. The van der Waals surface area contributed by atoms with E-state index in [9.17, 15) is 13.2 Å². The lowest BCUT2D eigenvalue weighted by Crippen LogP contribution is -2.56. The van der Waals surface area contributed by atoms with Gasteiger partial charge >= 0.3 is 0 Å². The van der Waals surface area contributed by atoms with E-state index >= 15 is 0 Å². The largest absolute Gasteiger partial charge is 0.385 e. The van der Waals surface area contributed by atoms with Gasteiger partial charge in [0.05, 0.1) is 12.8 Å². The number of amidine groups is 1. The number of nitrogens with zero attached hydrogens (tertiary/aromatic N) is 2. The van der Waals surface area contributed by atoms with E-state index in [1.807, 2.05) is 0 Å². The molecule has 0 aliphatic carbocycles. The molecule has 4 nitrogen and oxygen atoms in total. The van der Waals surface area contributed by atoms with Crippen LogP contribution in [0.4, 0.5) is 13.2 Å². The zero-order valence-corrected chi connectivity index (χ0v) is 12.3. The molecular formula is C12H13BrF3N3O. The van der Waals surface area contributed by atoms with Crippen molar-refractivity contribution in [2.24, 2.45) is 10.7 Å². The number of rotatable bonds is 3. The Bertz CT molecular complexity index is 551. The maximum Gasteiger partial charge on any atom is 0.181 e. The molecule has 1 atom stereocenters. The SMILES string of the molecule is CC1(c2cc(Br)ncc2F)COC(CF)(CF)C(N)=N1. The number of aliphatic imine (C=N–C) groups is 1. The van der Waals surface area contributed by atoms with E-state index in [0.29, 0.717) is 4.60 Å². The molecule has 0 spiro atoms. The minimum atomic E-state index is -1.86. The Balaban J connectivity index is 2.48. The number of aromatic nitrogens is 1. The fourth-order valence-electron chi connectivity index (χ4n) is 1.97. The van der Waals surface area contributed by atoms with E-state index in [1.54, 1.807) is 6.92 Å². The Labute approximate surface area is 122 Å². The average molecular weight is 352 g/mol. The van der Waals surface area contributed by atoms with Crippen molar-refractivity contribution in [3.05, 3.63) is 28.2 Å². The Morgan fingerprint density at radius 1 is 1.45 bits per heavy atom. The number of pyridine rings is 1. The van der Waals surface area contributed by atoms with Crippen molar-refractivity contribution < 1.29 is 17.9 Å². The van der Waals surface area contributed by atoms with Crippen molar-refractivity contribution in [2.75, 3.05) is 20.0 Å². The van der Waals surface area contributed by atoms with Crippen molar-refractivity contribution in [3.8, 4) is 0 Å². The number of halogens is 4. The maximum atomic E-state index is 13.9. The van der Waals surface area contributed by atoms with E-state index in [2.05, 4.69) is 25.9 Å². The fraction of sp³-hybridized carbons (Fsp3) is 0.500. The van der Waals surface area contributed by atoms with Crippen LogP contribution in [0.3, 0.4) is 0 Å². The predicted octanol–water partition coefficient (Wildman–Crippen LogP) is 2.26. The van der Waals surface area contributed by atoms with Gasteiger partial charge in [-0.05, 0) is 28.9 Å². The first kappa shape index (κ1) is 15.2. The second-order valence-corrected chi connectivity index (χ2v) is 5.62. The molecule has 0 saturated heterocycles. The van der Waals surface area contributed by atoms with Crippen molar-refractivity contribution >= 4 is 21.8 Å². The normalized spacial score (nSPS) is 25.4. The van der Waals surface area contributed by atoms with Crippen molar-refractivity contribution in [1.29, 1.82) is 0 Å². The predicted molar refractivity (Wildman–Crippen MR) is 71.5 cm³/mol. The zero-order chi connectivity index (χ0) is 15.0. The second kappa shape index (κ2) is 5.33. The molecule has 20 heavy (non-hydrogen) atoms. The standard InChI is InChI=1S/C12H13BrF3N3O/c1-11(7-2-9(13)18-3-8(7)16)6-20-12(4-14,5-15)10(17)19-11/h2-3H,4-6H2,1H3,(H2,17,19). The molecular weight excluding hydrogens is 339 g/mol. The Kier molecular flexibility index (Phi) is 4.06. The summed E-state index contributed by atoms with van der Waals surface area (Å²) in [6.45, 7) is -0.866. The van der Waals surface area contributed by atoms with Gasteiger partial charge in [-0.3, -0.25) is 4.99 Å². The summed E-state index contributed by atoms with van der Waals surface area (Å²) < 4.78 is 45.5. The summed E-state index contributed by atoms with van der Waals surface area (Å²) in [5, 5.41) is 0. The van der Waals surface area contributed by atoms with Gasteiger partial charge in [-0.1, -0.05) is 0 Å². The average Bonchev–Trinajstić information content (AvgIpc) is 2.42. The monoisotopic (exact) mass is 351 g/mol. The van der Waals surface area contributed by atoms with Gasteiger partial charge in [-0.15, -0.1) is 0 Å². The highest BCUT2D eigenvalue weighted by molar-refractivity contribution is 9.10. The first-order valence-electron chi connectivity index (χ1n) is 5.80. The van der Waals surface area contributed by atoms with Crippen LogP contribution in [-0.2, 0) is 10.3 Å². The molecule has 2 heterocycles. The number of alkyl halides is 2. The van der Waals surface area contributed by atoms with E-state index in [4.69, 9.17) is 10.5 Å². The van der Waals surface area contributed by atoms with Crippen molar-refractivity contribution in [3.63, 3.8) is 0 Å². The Morgan fingerprint density at radius 3 is 2.65 bits per heavy atom. The van der Waals surface area contributed by atoms with Gasteiger partial charge in [0.25, 0.3) is 0 Å². The molecule has 0 amide bonds. The summed E-state index contributed by atoms with van der Waals surface area (Å²) in [6.07, 6.45) is 1.03. The van der Waals surface area contributed by atoms with Crippen molar-refractivity contribution in [1.82, 2.24) is 4.98 Å². The number of hydrogen-bond donors (Lipinski definition) is 1. The third-order valence-corrected chi connectivity index (χ3v) is 3.73. The zero-order valence-electron chi connectivity index (χ0n) is 10.7. The Hall–Kier alpha value is -1.15. The highest BCUT2D eigenvalue weighted by Crippen LogP contribution is 2.35. The fourth-order valence-corrected chi connectivity index (χ4v) is 2.30. The summed E-state index contributed by atoms with van der Waals surface area (Å²) >= 11 is 3.13.